The smallest absolute Gasteiger partial charge is 0.407 e. The van der Waals surface area contributed by atoms with Gasteiger partial charge in [0.15, 0.2) is 0 Å². The number of rotatable bonds is 6. The van der Waals surface area contributed by atoms with E-state index in [4.69, 9.17) is 9.72 Å². The van der Waals surface area contributed by atoms with Gasteiger partial charge in [-0.2, -0.15) is 0 Å². The molecule has 1 amide bonds. The van der Waals surface area contributed by atoms with E-state index in [2.05, 4.69) is 60.8 Å². The predicted octanol–water partition coefficient (Wildman–Crippen LogP) is 6.27. The summed E-state index contributed by atoms with van der Waals surface area (Å²) in [6.45, 7) is 10.7. The number of aryl methyl sites for hydroxylation is 1. The Morgan fingerprint density at radius 2 is 1.89 bits per heavy atom. The van der Waals surface area contributed by atoms with Crippen molar-refractivity contribution in [2.45, 2.75) is 71.9 Å². The van der Waals surface area contributed by atoms with Crippen LogP contribution < -0.4 is 9.64 Å². The van der Waals surface area contributed by atoms with Crippen molar-refractivity contribution in [2.24, 2.45) is 5.41 Å². The summed E-state index contributed by atoms with van der Waals surface area (Å²) < 4.78 is 7.40. The number of piperidine rings is 1. The van der Waals surface area contributed by atoms with E-state index >= 15 is 0 Å². The van der Waals surface area contributed by atoms with E-state index in [1.807, 2.05) is 18.5 Å². The first-order valence-corrected chi connectivity index (χ1v) is 14.4. The first-order chi connectivity index (χ1) is 18.2. The number of hydrogen-bond donors (Lipinski definition) is 1. The molecule has 0 radical (unpaired) electrons. The number of hydrogen-bond acceptors (Lipinski definition) is 7. The lowest BCUT2D eigenvalue weighted by Gasteiger charge is -2.40. The zero-order chi connectivity index (χ0) is 26.9. The number of aromatic nitrogens is 3. The summed E-state index contributed by atoms with van der Waals surface area (Å²) in [6, 6.07) is 6.15. The quantitative estimate of drug-likeness (QED) is 0.398. The molecule has 2 aromatic heterocycles. The third-order valence-electron chi connectivity index (χ3n) is 7.41. The Balaban J connectivity index is 1.24. The minimum Gasteiger partial charge on any atom is -0.467 e. The van der Waals surface area contributed by atoms with Crippen molar-refractivity contribution in [2.75, 3.05) is 24.5 Å². The number of fused-ring (bicyclic) bond motifs is 1. The maximum atomic E-state index is 11.8. The lowest BCUT2D eigenvalue weighted by molar-refractivity contribution is 0.100. The molecule has 2 aliphatic rings. The number of anilines is 1. The van der Waals surface area contributed by atoms with E-state index < -0.39 is 6.09 Å². The van der Waals surface area contributed by atoms with Crippen LogP contribution in [0.1, 0.15) is 64.5 Å². The summed E-state index contributed by atoms with van der Waals surface area (Å²) in [4.78, 5) is 29.4. The van der Waals surface area contributed by atoms with Gasteiger partial charge < -0.3 is 19.6 Å². The molecule has 3 aromatic rings. The number of benzene rings is 1. The van der Waals surface area contributed by atoms with Crippen LogP contribution in [0.25, 0.3) is 15.8 Å². The molecule has 1 N–H and O–H groups in total. The van der Waals surface area contributed by atoms with Crippen molar-refractivity contribution in [3.8, 4) is 5.19 Å². The first kappa shape index (κ1) is 26.4. The third kappa shape index (κ3) is 5.77. The largest absolute Gasteiger partial charge is 0.467 e. The standard InChI is InChI=1S/C29H37N5O3S/c1-5-6-19-17-30-26(31-18-19)33-12-10-22(11-13-33)37-27-32-23-8-7-20(15-24(23)38-27)21-9-14-34(28(35)36)25(16-21)29(2,3)4/h7-8,15-18,22,25H,5-6,9-14H2,1-4H3,(H,35,36). The molecular weight excluding hydrogens is 498 g/mol. The molecule has 202 valence electrons. The lowest BCUT2D eigenvalue weighted by atomic mass is 9.81. The van der Waals surface area contributed by atoms with E-state index in [0.717, 1.165) is 60.5 Å². The van der Waals surface area contributed by atoms with Gasteiger partial charge in [0, 0.05) is 44.9 Å². The molecule has 1 saturated heterocycles. The lowest BCUT2D eigenvalue weighted by Crippen LogP contribution is -2.48. The highest BCUT2D eigenvalue weighted by Crippen LogP contribution is 2.37. The van der Waals surface area contributed by atoms with Gasteiger partial charge in [-0.3, -0.25) is 0 Å². The summed E-state index contributed by atoms with van der Waals surface area (Å²) in [5.74, 6) is 0.799. The Hall–Kier alpha value is -3.20. The summed E-state index contributed by atoms with van der Waals surface area (Å²) in [7, 11) is 0. The predicted molar refractivity (Wildman–Crippen MR) is 152 cm³/mol. The number of ether oxygens (including phenoxy) is 1. The van der Waals surface area contributed by atoms with Crippen LogP contribution in [0, 0.1) is 5.41 Å². The fraction of sp³-hybridized carbons (Fsp3) is 0.517. The molecule has 0 spiro atoms. The Kier molecular flexibility index (Phi) is 7.56. The number of nitrogens with zero attached hydrogens (tertiary/aromatic N) is 5. The van der Waals surface area contributed by atoms with Crippen LogP contribution in [0.3, 0.4) is 0 Å². The van der Waals surface area contributed by atoms with Gasteiger partial charge in [0.1, 0.15) is 6.10 Å². The van der Waals surface area contributed by atoms with Crippen LogP contribution in [0.4, 0.5) is 10.7 Å². The number of amides is 1. The molecular formula is C29H37N5O3S. The van der Waals surface area contributed by atoms with Crippen molar-refractivity contribution >= 4 is 39.2 Å². The van der Waals surface area contributed by atoms with Crippen molar-refractivity contribution < 1.29 is 14.6 Å². The SMILES string of the molecule is CCCc1cnc(N2CCC(Oc3nc4ccc(C5=CC(C(C)(C)C)N(C(=O)O)CC5)cc4s3)CC2)nc1. The first-order valence-electron chi connectivity index (χ1n) is 13.5. The van der Waals surface area contributed by atoms with E-state index in [-0.39, 0.29) is 17.6 Å². The molecule has 0 bridgehead atoms. The Morgan fingerprint density at radius 1 is 1.16 bits per heavy atom. The van der Waals surface area contributed by atoms with Gasteiger partial charge in [-0.25, -0.2) is 19.7 Å². The summed E-state index contributed by atoms with van der Waals surface area (Å²) in [5.41, 5.74) is 4.26. The topological polar surface area (TPSA) is 91.7 Å². The van der Waals surface area contributed by atoms with Crippen LogP contribution in [0.15, 0.2) is 36.7 Å². The fourth-order valence-electron chi connectivity index (χ4n) is 5.32. The minimum absolute atomic E-state index is 0.126. The number of carboxylic acid groups (broad SMARTS) is 1. The third-order valence-corrected chi connectivity index (χ3v) is 8.32. The average Bonchev–Trinajstić information content (AvgIpc) is 3.30. The Morgan fingerprint density at radius 3 is 2.55 bits per heavy atom. The van der Waals surface area contributed by atoms with Crippen LogP contribution >= 0.6 is 11.3 Å². The molecule has 8 nitrogen and oxygen atoms in total. The maximum Gasteiger partial charge on any atom is 0.407 e. The van der Waals surface area contributed by atoms with Crippen LogP contribution in [0.2, 0.25) is 0 Å². The van der Waals surface area contributed by atoms with E-state index in [0.29, 0.717) is 18.2 Å². The highest BCUT2D eigenvalue weighted by molar-refractivity contribution is 7.20. The maximum absolute atomic E-state index is 11.8. The molecule has 1 fully saturated rings. The van der Waals surface area contributed by atoms with Gasteiger partial charge in [0.2, 0.25) is 5.95 Å². The van der Waals surface area contributed by atoms with Gasteiger partial charge in [0.25, 0.3) is 5.19 Å². The number of carbonyl (C=O) groups is 1. The number of thiazole rings is 1. The second-order valence-electron chi connectivity index (χ2n) is 11.3. The van der Waals surface area contributed by atoms with Gasteiger partial charge in [-0.1, -0.05) is 57.6 Å². The molecule has 0 aliphatic carbocycles. The minimum atomic E-state index is -0.858. The van der Waals surface area contributed by atoms with E-state index in [1.165, 1.54) is 11.1 Å². The van der Waals surface area contributed by atoms with Crippen molar-refractivity contribution in [1.29, 1.82) is 0 Å². The Labute approximate surface area is 228 Å². The molecule has 4 heterocycles. The molecule has 38 heavy (non-hydrogen) atoms. The molecule has 1 atom stereocenters. The summed E-state index contributed by atoms with van der Waals surface area (Å²) in [6.07, 6.45) is 9.91. The molecule has 1 unspecified atom stereocenters. The monoisotopic (exact) mass is 535 g/mol. The second-order valence-corrected chi connectivity index (χ2v) is 12.3. The van der Waals surface area contributed by atoms with Gasteiger partial charge in [0.05, 0.1) is 16.3 Å². The zero-order valence-electron chi connectivity index (χ0n) is 22.7. The highest BCUT2D eigenvalue weighted by atomic mass is 32.1. The molecule has 0 saturated carbocycles. The average molecular weight is 536 g/mol. The summed E-state index contributed by atoms with van der Waals surface area (Å²) >= 11 is 1.58. The van der Waals surface area contributed by atoms with E-state index in [1.54, 1.807) is 16.2 Å². The highest BCUT2D eigenvalue weighted by Gasteiger charge is 2.35. The van der Waals surface area contributed by atoms with E-state index in [9.17, 15) is 9.90 Å². The normalized spacial score (nSPS) is 19.1. The van der Waals surface area contributed by atoms with Gasteiger partial charge >= 0.3 is 6.09 Å². The molecule has 9 heteroatoms. The summed E-state index contributed by atoms with van der Waals surface area (Å²) in [5, 5.41) is 10.4. The Bertz CT molecular complexity index is 1310. The second kappa shape index (κ2) is 10.9. The van der Waals surface area contributed by atoms with Gasteiger partial charge in [-0.15, -0.1) is 0 Å². The zero-order valence-corrected chi connectivity index (χ0v) is 23.5. The molecule has 5 rings (SSSR count). The van der Waals surface area contributed by atoms with Gasteiger partial charge in [-0.05, 0) is 47.1 Å². The molecule has 1 aromatic carbocycles. The van der Waals surface area contributed by atoms with Crippen LogP contribution in [-0.4, -0.2) is 62.8 Å². The van der Waals surface area contributed by atoms with Crippen LogP contribution in [-0.2, 0) is 6.42 Å². The van der Waals surface area contributed by atoms with Crippen molar-refractivity contribution in [3.63, 3.8) is 0 Å². The van der Waals surface area contributed by atoms with Crippen LogP contribution in [0.5, 0.6) is 5.19 Å². The fourth-order valence-corrected chi connectivity index (χ4v) is 6.24. The van der Waals surface area contributed by atoms with Crippen molar-refractivity contribution in [1.82, 2.24) is 19.9 Å². The van der Waals surface area contributed by atoms with Crippen molar-refractivity contribution in [3.05, 3.63) is 47.8 Å². The molecule has 2 aliphatic heterocycles.